The SMILES string of the molecule is COc1ccc(C/C(C)=N/NC(=O)CNc2ccc(F)cc2)cc1. The first-order chi connectivity index (χ1) is 11.6. The van der Waals surface area contributed by atoms with Gasteiger partial charge in [-0.3, -0.25) is 4.79 Å². The Bertz CT molecular complexity index is 697. The molecule has 0 radical (unpaired) electrons. The number of hydrogen-bond donors (Lipinski definition) is 2. The number of amides is 1. The van der Waals surface area contributed by atoms with Gasteiger partial charge in [0.1, 0.15) is 11.6 Å². The van der Waals surface area contributed by atoms with Crippen LogP contribution in [0.1, 0.15) is 12.5 Å². The van der Waals surface area contributed by atoms with Crippen molar-refractivity contribution in [1.29, 1.82) is 0 Å². The lowest BCUT2D eigenvalue weighted by Gasteiger charge is -2.06. The highest BCUT2D eigenvalue weighted by molar-refractivity contribution is 5.87. The number of hydrazone groups is 1. The van der Waals surface area contributed by atoms with Crippen LogP contribution in [-0.4, -0.2) is 25.3 Å². The van der Waals surface area contributed by atoms with E-state index in [2.05, 4.69) is 15.8 Å². The zero-order valence-corrected chi connectivity index (χ0v) is 13.7. The fraction of sp³-hybridized carbons (Fsp3) is 0.222. The van der Waals surface area contributed by atoms with Crippen molar-refractivity contribution in [2.45, 2.75) is 13.3 Å². The van der Waals surface area contributed by atoms with E-state index in [4.69, 9.17) is 4.74 Å². The quantitative estimate of drug-likeness (QED) is 0.606. The molecule has 0 aliphatic heterocycles. The summed E-state index contributed by atoms with van der Waals surface area (Å²) in [6.07, 6.45) is 0.635. The van der Waals surface area contributed by atoms with Gasteiger partial charge in [0.15, 0.2) is 0 Å². The lowest BCUT2D eigenvalue weighted by Crippen LogP contribution is -2.26. The second-order valence-corrected chi connectivity index (χ2v) is 5.27. The molecule has 0 aliphatic rings. The molecule has 0 fully saturated rings. The molecular weight excluding hydrogens is 309 g/mol. The van der Waals surface area contributed by atoms with Crippen LogP contribution in [-0.2, 0) is 11.2 Å². The normalized spacial score (nSPS) is 11.0. The Morgan fingerprint density at radius 3 is 2.42 bits per heavy atom. The molecule has 6 heteroatoms. The number of benzene rings is 2. The molecule has 2 N–H and O–H groups in total. The molecule has 0 bridgehead atoms. The van der Waals surface area contributed by atoms with Gasteiger partial charge in [-0.2, -0.15) is 5.10 Å². The van der Waals surface area contributed by atoms with Crippen LogP contribution in [0.3, 0.4) is 0 Å². The number of nitrogens with one attached hydrogen (secondary N) is 2. The van der Waals surface area contributed by atoms with Gasteiger partial charge in [0.25, 0.3) is 5.91 Å². The third-order valence-electron chi connectivity index (χ3n) is 3.29. The van der Waals surface area contributed by atoms with E-state index in [9.17, 15) is 9.18 Å². The summed E-state index contributed by atoms with van der Waals surface area (Å²) in [5.41, 5.74) is 5.03. The van der Waals surface area contributed by atoms with E-state index in [0.717, 1.165) is 17.0 Å². The molecule has 0 aliphatic carbocycles. The van der Waals surface area contributed by atoms with Crippen LogP contribution in [0.4, 0.5) is 10.1 Å². The van der Waals surface area contributed by atoms with Gasteiger partial charge in [0.2, 0.25) is 0 Å². The van der Waals surface area contributed by atoms with Crippen LogP contribution in [0.5, 0.6) is 5.75 Å². The Labute approximate surface area is 140 Å². The van der Waals surface area contributed by atoms with Crippen LogP contribution in [0, 0.1) is 5.82 Å². The molecule has 0 unspecified atom stereocenters. The van der Waals surface area contributed by atoms with E-state index >= 15 is 0 Å². The first-order valence-electron chi connectivity index (χ1n) is 7.51. The number of hydrogen-bond acceptors (Lipinski definition) is 4. The number of anilines is 1. The molecule has 2 aromatic rings. The van der Waals surface area contributed by atoms with Gasteiger partial charge < -0.3 is 10.1 Å². The van der Waals surface area contributed by atoms with Crippen molar-refractivity contribution in [3.63, 3.8) is 0 Å². The number of carbonyl (C=O) groups excluding carboxylic acids is 1. The Morgan fingerprint density at radius 1 is 1.12 bits per heavy atom. The maximum Gasteiger partial charge on any atom is 0.259 e. The van der Waals surface area contributed by atoms with Crippen LogP contribution in [0.15, 0.2) is 53.6 Å². The zero-order valence-electron chi connectivity index (χ0n) is 13.7. The monoisotopic (exact) mass is 329 g/mol. The molecular formula is C18H20FN3O2. The third kappa shape index (κ3) is 5.72. The van der Waals surface area contributed by atoms with E-state index in [-0.39, 0.29) is 18.3 Å². The first kappa shape index (κ1) is 17.5. The van der Waals surface area contributed by atoms with Crippen molar-refractivity contribution >= 4 is 17.3 Å². The summed E-state index contributed by atoms with van der Waals surface area (Å²) in [6, 6.07) is 13.5. The molecule has 2 rings (SSSR count). The zero-order chi connectivity index (χ0) is 17.4. The first-order valence-corrected chi connectivity index (χ1v) is 7.51. The summed E-state index contributed by atoms with van der Waals surface area (Å²) < 4.78 is 17.9. The van der Waals surface area contributed by atoms with Crippen molar-refractivity contribution in [2.24, 2.45) is 5.10 Å². The largest absolute Gasteiger partial charge is 0.497 e. The molecule has 0 saturated heterocycles. The van der Waals surface area contributed by atoms with Crippen LogP contribution < -0.4 is 15.5 Å². The molecule has 0 saturated carbocycles. The van der Waals surface area contributed by atoms with Gasteiger partial charge in [0, 0.05) is 17.8 Å². The molecule has 0 heterocycles. The van der Waals surface area contributed by atoms with E-state index < -0.39 is 0 Å². The maximum absolute atomic E-state index is 12.8. The standard InChI is InChI=1S/C18H20FN3O2/c1-13(11-14-3-9-17(24-2)10-4-14)21-22-18(23)12-20-16-7-5-15(19)6-8-16/h3-10,20H,11-12H2,1-2H3,(H,22,23)/b21-13+. The number of ether oxygens (including phenoxy) is 1. The number of carbonyl (C=O) groups is 1. The minimum Gasteiger partial charge on any atom is -0.497 e. The fourth-order valence-corrected chi connectivity index (χ4v) is 2.03. The summed E-state index contributed by atoms with van der Waals surface area (Å²) in [7, 11) is 1.62. The molecule has 126 valence electrons. The van der Waals surface area contributed by atoms with Gasteiger partial charge in [0.05, 0.1) is 13.7 Å². The molecule has 24 heavy (non-hydrogen) atoms. The van der Waals surface area contributed by atoms with Crippen LogP contribution >= 0.6 is 0 Å². The highest BCUT2D eigenvalue weighted by atomic mass is 19.1. The number of nitrogens with zero attached hydrogens (tertiary/aromatic N) is 1. The van der Waals surface area contributed by atoms with E-state index in [1.54, 1.807) is 19.2 Å². The average molecular weight is 329 g/mol. The lowest BCUT2D eigenvalue weighted by molar-refractivity contribution is -0.119. The lowest BCUT2D eigenvalue weighted by atomic mass is 10.1. The highest BCUT2D eigenvalue weighted by Crippen LogP contribution is 2.12. The molecule has 1 amide bonds. The molecule has 0 aromatic heterocycles. The summed E-state index contributed by atoms with van der Waals surface area (Å²) >= 11 is 0. The highest BCUT2D eigenvalue weighted by Gasteiger charge is 2.02. The van der Waals surface area contributed by atoms with Gasteiger partial charge in [-0.05, 0) is 48.9 Å². The molecule has 0 atom stereocenters. The Morgan fingerprint density at radius 2 is 1.79 bits per heavy atom. The van der Waals surface area contributed by atoms with E-state index in [0.29, 0.717) is 12.1 Å². The van der Waals surface area contributed by atoms with E-state index in [1.807, 2.05) is 31.2 Å². The predicted octanol–water partition coefficient (Wildman–Crippen LogP) is 2.98. The van der Waals surface area contributed by atoms with E-state index in [1.165, 1.54) is 12.1 Å². The number of methoxy groups -OCH3 is 1. The van der Waals surface area contributed by atoms with Gasteiger partial charge in [-0.25, -0.2) is 9.82 Å². The number of rotatable bonds is 7. The molecule has 0 spiro atoms. The number of halogens is 1. The molecule has 2 aromatic carbocycles. The summed E-state index contributed by atoms with van der Waals surface area (Å²) in [5, 5.41) is 6.97. The van der Waals surface area contributed by atoms with Gasteiger partial charge in [-0.15, -0.1) is 0 Å². The smallest absolute Gasteiger partial charge is 0.259 e. The minimum atomic E-state index is -0.316. The van der Waals surface area contributed by atoms with Gasteiger partial charge >= 0.3 is 0 Å². The van der Waals surface area contributed by atoms with Crippen LogP contribution in [0.25, 0.3) is 0 Å². The average Bonchev–Trinajstić information content (AvgIpc) is 2.60. The topological polar surface area (TPSA) is 62.7 Å². The third-order valence-corrected chi connectivity index (χ3v) is 3.29. The summed E-state index contributed by atoms with van der Waals surface area (Å²) in [5.74, 6) is 0.214. The second-order valence-electron chi connectivity index (χ2n) is 5.27. The fourth-order valence-electron chi connectivity index (χ4n) is 2.03. The molecule has 5 nitrogen and oxygen atoms in total. The maximum atomic E-state index is 12.8. The predicted molar refractivity (Wildman–Crippen MR) is 92.8 cm³/mol. The minimum absolute atomic E-state index is 0.0605. The van der Waals surface area contributed by atoms with Crippen molar-refractivity contribution in [3.05, 3.63) is 59.9 Å². The second kappa shape index (κ2) is 8.67. The summed E-state index contributed by atoms with van der Waals surface area (Å²) in [6.45, 7) is 1.91. The Kier molecular flexibility index (Phi) is 6.31. The van der Waals surface area contributed by atoms with Crippen molar-refractivity contribution in [1.82, 2.24) is 5.43 Å². The van der Waals surface area contributed by atoms with Gasteiger partial charge in [-0.1, -0.05) is 12.1 Å². The van der Waals surface area contributed by atoms with Crippen molar-refractivity contribution in [2.75, 3.05) is 19.0 Å². The summed E-state index contributed by atoms with van der Waals surface area (Å²) in [4.78, 5) is 11.8. The Hall–Kier alpha value is -2.89. The van der Waals surface area contributed by atoms with Crippen molar-refractivity contribution < 1.29 is 13.9 Å². The van der Waals surface area contributed by atoms with Crippen molar-refractivity contribution in [3.8, 4) is 5.75 Å². The Balaban J connectivity index is 1.78. The van der Waals surface area contributed by atoms with Crippen LogP contribution in [0.2, 0.25) is 0 Å².